The lowest BCUT2D eigenvalue weighted by atomic mass is 10.0. The number of aromatic nitrogens is 4. The summed E-state index contributed by atoms with van der Waals surface area (Å²) in [6.45, 7) is 3.06. The highest BCUT2D eigenvalue weighted by Crippen LogP contribution is 2.32. The van der Waals surface area contributed by atoms with Gasteiger partial charge in [0.15, 0.2) is 11.5 Å². The summed E-state index contributed by atoms with van der Waals surface area (Å²) in [4.78, 5) is 25.2. The van der Waals surface area contributed by atoms with Gasteiger partial charge in [-0.25, -0.2) is 15.0 Å². The maximum Gasteiger partial charge on any atom is 0.302 e. The number of anilines is 1. The Balaban J connectivity index is 1.65. The van der Waals surface area contributed by atoms with Crippen LogP contribution in [-0.2, 0) is 20.9 Å². The Bertz CT molecular complexity index is 1280. The topological polar surface area (TPSA) is 105 Å². The third-order valence-electron chi connectivity index (χ3n) is 5.59. The standard InChI is InChI=1S/C24H23N5O3/c1-15(30)32-13-16-4-6-18(7-5-16)29-23(19-3-2-11-26-22(19)25)28-21-9-8-20(27-24(21)29)17-10-12-31-14-17/h2-9,11,17H,10,12-14H2,1H3,(H2,25,26). The number of esters is 1. The van der Waals surface area contributed by atoms with Crippen molar-refractivity contribution in [2.45, 2.75) is 25.9 Å². The second-order valence-electron chi connectivity index (χ2n) is 7.79. The van der Waals surface area contributed by atoms with Crippen LogP contribution in [0.4, 0.5) is 5.82 Å². The molecular formula is C24H23N5O3. The van der Waals surface area contributed by atoms with Crippen molar-refractivity contribution in [3.63, 3.8) is 0 Å². The van der Waals surface area contributed by atoms with E-state index in [1.165, 1.54) is 6.92 Å². The quantitative estimate of drug-likeness (QED) is 0.483. The monoisotopic (exact) mass is 429 g/mol. The number of hydrogen-bond acceptors (Lipinski definition) is 7. The number of nitrogen functional groups attached to an aromatic ring is 1. The van der Waals surface area contributed by atoms with E-state index in [1.54, 1.807) is 6.20 Å². The van der Waals surface area contributed by atoms with Gasteiger partial charge >= 0.3 is 5.97 Å². The van der Waals surface area contributed by atoms with Gasteiger partial charge in [-0.05, 0) is 48.4 Å². The van der Waals surface area contributed by atoms with Crippen molar-refractivity contribution in [2.24, 2.45) is 0 Å². The molecule has 0 spiro atoms. The Kier molecular flexibility index (Phi) is 5.28. The zero-order chi connectivity index (χ0) is 22.1. The highest BCUT2D eigenvalue weighted by Gasteiger charge is 2.22. The zero-order valence-corrected chi connectivity index (χ0v) is 17.7. The molecule has 1 atom stereocenters. The SMILES string of the molecule is CC(=O)OCc1ccc(-n2c(-c3cccnc3N)nc3ccc(C4CCOC4)nc32)cc1. The van der Waals surface area contributed by atoms with Gasteiger partial charge in [0, 0.05) is 37.0 Å². The number of ether oxygens (including phenoxy) is 2. The number of imidazole rings is 1. The lowest BCUT2D eigenvalue weighted by molar-refractivity contribution is -0.142. The summed E-state index contributed by atoms with van der Waals surface area (Å²) in [5.41, 5.74) is 11.2. The molecule has 2 N–H and O–H groups in total. The minimum atomic E-state index is -0.309. The van der Waals surface area contributed by atoms with Crippen LogP contribution in [0.3, 0.4) is 0 Å². The molecule has 0 bridgehead atoms. The van der Waals surface area contributed by atoms with E-state index >= 15 is 0 Å². The lowest BCUT2D eigenvalue weighted by Gasteiger charge is -2.12. The van der Waals surface area contributed by atoms with Crippen molar-refractivity contribution < 1.29 is 14.3 Å². The van der Waals surface area contributed by atoms with Crippen LogP contribution in [0.25, 0.3) is 28.2 Å². The zero-order valence-electron chi connectivity index (χ0n) is 17.7. The molecular weight excluding hydrogens is 406 g/mol. The number of pyridine rings is 2. The van der Waals surface area contributed by atoms with Crippen molar-refractivity contribution in [3.8, 4) is 17.1 Å². The molecule has 0 saturated carbocycles. The summed E-state index contributed by atoms with van der Waals surface area (Å²) >= 11 is 0. The third kappa shape index (κ3) is 3.80. The van der Waals surface area contributed by atoms with E-state index in [-0.39, 0.29) is 18.5 Å². The third-order valence-corrected chi connectivity index (χ3v) is 5.59. The first-order chi connectivity index (χ1) is 15.6. The molecule has 1 fully saturated rings. The molecule has 1 aliphatic heterocycles. The molecule has 1 aliphatic rings. The fraction of sp³-hybridized carbons (Fsp3) is 0.250. The fourth-order valence-corrected chi connectivity index (χ4v) is 3.93. The highest BCUT2D eigenvalue weighted by molar-refractivity contribution is 5.83. The van der Waals surface area contributed by atoms with E-state index in [0.717, 1.165) is 46.7 Å². The molecule has 1 saturated heterocycles. The average molecular weight is 429 g/mol. The van der Waals surface area contributed by atoms with E-state index < -0.39 is 0 Å². The summed E-state index contributed by atoms with van der Waals surface area (Å²) in [7, 11) is 0. The van der Waals surface area contributed by atoms with Crippen molar-refractivity contribution in [1.82, 2.24) is 19.5 Å². The van der Waals surface area contributed by atoms with Crippen molar-refractivity contribution >= 4 is 23.0 Å². The molecule has 8 nitrogen and oxygen atoms in total. The van der Waals surface area contributed by atoms with Crippen molar-refractivity contribution in [2.75, 3.05) is 18.9 Å². The molecule has 1 aromatic carbocycles. The van der Waals surface area contributed by atoms with Gasteiger partial charge in [0.1, 0.15) is 17.9 Å². The summed E-state index contributed by atoms with van der Waals surface area (Å²) in [5, 5.41) is 0. The van der Waals surface area contributed by atoms with E-state index in [9.17, 15) is 4.79 Å². The molecule has 0 aliphatic carbocycles. The van der Waals surface area contributed by atoms with Gasteiger partial charge in [-0.1, -0.05) is 12.1 Å². The van der Waals surface area contributed by atoms with Gasteiger partial charge in [0.05, 0.1) is 12.2 Å². The maximum atomic E-state index is 11.1. The molecule has 0 amide bonds. The largest absolute Gasteiger partial charge is 0.461 e. The second kappa shape index (κ2) is 8.39. The van der Waals surface area contributed by atoms with Crippen LogP contribution in [0, 0.1) is 0 Å². The van der Waals surface area contributed by atoms with Crippen LogP contribution >= 0.6 is 0 Å². The van der Waals surface area contributed by atoms with Gasteiger partial charge in [0.2, 0.25) is 0 Å². The van der Waals surface area contributed by atoms with Gasteiger partial charge in [-0.2, -0.15) is 0 Å². The molecule has 8 heteroatoms. The molecule has 5 rings (SSSR count). The highest BCUT2D eigenvalue weighted by atomic mass is 16.5. The second-order valence-corrected chi connectivity index (χ2v) is 7.79. The first kappa shape index (κ1) is 20.1. The number of carbonyl (C=O) groups excluding carboxylic acids is 1. The van der Waals surface area contributed by atoms with Crippen LogP contribution < -0.4 is 5.73 Å². The number of rotatable bonds is 5. The number of hydrogen-bond donors (Lipinski definition) is 1. The predicted molar refractivity (Wildman–Crippen MR) is 120 cm³/mol. The van der Waals surface area contributed by atoms with Crippen molar-refractivity contribution in [1.29, 1.82) is 0 Å². The first-order valence-electron chi connectivity index (χ1n) is 10.5. The predicted octanol–water partition coefficient (Wildman–Crippen LogP) is 3.63. The van der Waals surface area contributed by atoms with Gasteiger partial charge in [-0.3, -0.25) is 9.36 Å². The molecule has 32 heavy (non-hydrogen) atoms. The Morgan fingerprint density at radius 1 is 1.19 bits per heavy atom. The first-order valence-corrected chi connectivity index (χ1v) is 10.5. The van der Waals surface area contributed by atoms with Gasteiger partial charge in [-0.15, -0.1) is 0 Å². The van der Waals surface area contributed by atoms with Gasteiger partial charge < -0.3 is 15.2 Å². The van der Waals surface area contributed by atoms with E-state index in [1.807, 2.05) is 53.1 Å². The minimum absolute atomic E-state index is 0.229. The number of carbonyl (C=O) groups is 1. The Hall–Kier alpha value is -3.78. The van der Waals surface area contributed by atoms with Crippen LogP contribution in [-0.4, -0.2) is 38.7 Å². The smallest absolute Gasteiger partial charge is 0.302 e. The minimum Gasteiger partial charge on any atom is -0.461 e. The average Bonchev–Trinajstić information content (AvgIpc) is 3.46. The summed E-state index contributed by atoms with van der Waals surface area (Å²) in [5.74, 6) is 1.04. The normalized spacial score (nSPS) is 15.8. The Morgan fingerprint density at radius 3 is 2.75 bits per heavy atom. The summed E-state index contributed by atoms with van der Waals surface area (Å²) in [6.07, 6.45) is 2.62. The molecule has 0 radical (unpaired) electrons. The van der Waals surface area contributed by atoms with Crippen molar-refractivity contribution in [3.05, 3.63) is 66.0 Å². The van der Waals surface area contributed by atoms with Gasteiger partial charge in [0.25, 0.3) is 0 Å². The van der Waals surface area contributed by atoms with E-state index in [4.69, 9.17) is 25.2 Å². The molecule has 4 heterocycles. The molecule has 1 unspecified atom stereocenters. The number of fused-ring (bicyclic) bond motifs is 1. The molecule has 3 aromatic heterocycles. The maximum absolute atomic E-state index is 11.1. The number of nitrogens with zero attached hydrogens (tertiary/aromatic N) is 4. The number of benzene rings is 1. The summed E-state index contributed by atoms with van der Waals surface area (Å²) < 4.78 is 12.7. The molecule has 162 valence electrons. The van der Waals surface area contributed by atoms with Crippen LogP contribution in [0.1, 0.15) is 30.5 Å². The summed E-state index contributed by atoms with van der Waals surface area (Å²) in [6, 6.07) is 15.5. The van der Waals surface area contributed by atoms with Crippen LogP contribution in [0.15, 0.2) is 54.7 Å². The fourth-order valence-electron chi connectivity index (χ4n) is 3.93. The lowest BCUT2D eigenvalue weighted by Crippen LogP contribution is -2.05. The molecule has 4 aromatic rings. The van der Waals surface area contributed by atoms with E-state index in [0.29, 0.717) is 18.2 Å². The number of nitrogens with two attached hydrogens (primary N) is 1. The van der Waals surface area contributed by atoms with Crippen LogP contribution in [0.5, 0.6) is 0 Å². The Labute approximate surface area is 185 Å². The van der Waals surface area contributed by atoms with E-state index in [2.05, 4.69) is 4.98 Å². The Morgan fingerprint density at radius 2 is 2.03 bits per heavy atom. The van der Waals surface area contributed by atoms with Crippen LogP contribution in [0.2, 0.25) is 0 Å².